The van der Waals surface area contributed by atoms with Crippen molar-refractivity contribution in [2.24, 2.45) is 0 Å². The molecule has 23 heavy (non-hydrogen) atoms. The van der Waals surface area contributed by atoms with E-state index in [1.54, 1.807) is 0 Å². The Labute approximate surface area is 139 Å². The second kappa shape index (κ2) is 8.03. The maximum Gasteiger partial charge on any atom is 0.313 e. The Balaban J connectivity index is 1.99. The SMILES string of the molecule is COc1cc(NC(=O)C(=O)NCC2CCCO2)c(OC)cc1Cl. The van der Waals surface area contributed by atoms with Gasteiger partial charge in [0.2, 0.25) is 0 Å². The number of ether oxygens (including phenoxy) is 3. The van der Waals surface area contributed by atoms with Gasteiger partial charge in [-0.3, -0.25) is 9.59 Å². The van der Waals surface area contributed by atoms with E-state index in [4.69, 9.17) is 25.8 Å². The molecule has 0 aromatic heterocycles. The molecule has 2 rings (SSSR count). The third-order valence-electron chi connectivity index (χ3n) is 3.44. The van der Waals surface area contributed by atoms with Crippen LogP contribution in [0.4, 0.5) is 5.69 Å². The van der Waals surface area contributed by atoms with E-state index in [0.717, 1.165) is 12.8 Å². The molecule has 2 amide bonds. The van der Waals surface area contributed by atoms with Crippen LogP contribution < -0.4 is 20.1 Å². The van der Waals surface area contributed by atoms with Crippen LogP contribution in [0.15, 0.2) is 12.1 Å². The molecule has 1 atom stereocenters. The molecule has 0 bridgehead atoms. The molecular formula is C15H19ClN2O5. The smallest absolute Gasteiger partial charge is 0.313 e. The molecule has 1 aliphatic rings. The number of carbonyl (C=O) groups is 2. The minimum absolute atomic E-state index is 0.0306. The average Bonchev–Trinajstić information content (AvgIpc) is 3.07. The lowest BCUT2D eigenvalue weighted by Crippen LogP contribution is -2.39. The number of carbonyl (C=O) groups excluding carboxylic acids is 2. The van der Waals surface area contributed by atoms with Crippen LogP contribution in [0.5, 0.6) is 11.5 Å². The highest BCUT2D eigenvalue weighted by Gasteiger charge is 2.21. The number of halogens is 1. The van der Waals surface area contributed by atoms with Gasteiger partial charge in [-0.2, -0.15) is 0 Å². The number of nitrogens with one attached hydrogen (secondary N) is 2. The van der Waals surface area contributed by atoms with Crippen LogP contribution in [0.3, 0.4) is 0 Å². The fraction of sp³-hybridized carbons (Fsp3) is 0.467. The average molecular weight is 343 g/mol. The van der Waals surface area contributed by atoms with Crippen LogP contribution in [0.2, 0.25) is 5.02 Å². The fourth-order valence-corrected chi connectivity index (χ4v) is 2.46. The second-order valence-corrected chi connectivity index (χ2v) is 5.39. The molecule has 0 aliphatic carbocycles. The standard InChI is InChI=1S/C15H19ClN2O5/c1-21-12-7-11(13(22-2)6-10(12)16)18-15(20)14(19)17-8-9-4-3-5-23-9/h6-7,9H,3-5,8H2,1-2H3,(H,17,19)(H,18,20). The second-order valence-electron chi connectivity index (χ2n) is 4.99. The first kappa shape index (κ1) is 17.4. The quantitative estimate of drug-likeness (QED) is 0.794. The van der Waals surface area contributed by atoms with E-state index >= 15 is 0 Å². The van der Waals surface area contributed by atoms with Crippen molar-refractivity contribution in [2.75, 3.05) is 32.7 Å². The summed E-state index contributed by atoms with van der Waals surface area (Å²) < 4.78 is 15.6. The number of amides is 2. The first-order valence-corrected chi connectivity index (χ1v) is 7.55. The van der Waals surface area contributed by atoms with Gasteiger partial charge in [-0.15, -0.1) is 0 Å². The van der Waals surface area contributed by atoms with Crippen molar-refractivity contribution in [3.63, 3.8) is 0 Å². The van der Waals surface area contributed by atoms with Crippen molar-refractivity contribution in [2.45, 2.75) is 18.9 Å². The number of methoxy groups -OCH3 is 2. The summed E-state index contributed by atoms with van der Waals surface area (Å²) in [7, 11) is 2.89. The molecule has 1 heterocycles. The number of hydrogen-bond donors (Lipinski definition) is 2. The minimum atomic E-state index is -0.800. The Hall–Kier alpha value is -1.99. The molecule has 1 saturated heterocycles. The van der Waals surface area contributed by atoms with Crippen molar-refractivity contribution in [3.05, 3.63) is 17.2 Å². The predicted molar refractivity (Wildman–Crippen MR) is 85.2 cm³/mol. The van der Waals surface area contributed by atoms with E-state index in [1.807, 2.05) is 0 Å². The van der Waals surface area contributed by atoms with Crippen molar-refractivity contribution in [1.29, 1.82) is 0 Å². The summed E-state index contributed by atoms with van der Waals surface area (Å²) in [5, 5.41) is 5.37. The number of benzene rings is 1. The van der Waals surface area contributed by atoms with Crippen molar-refractivity contribution >= 4 is 29.1 Å². The van der Waals surface area contributed by atoms with E-state index in [0.29, 0.717) is 35.4 Å². The Morgan fingerprint density at radius 2 is 2.00 bits per heavy atom. The third-order valence-corrected chi connectivity index (χ3v) is 3.74. The van der Waals surface area contributed by atoms with Crippen molar-refractivity contribution < 1.29 is 23.8 Å². The largest absolute Gasteiger partial charge is 0.495 e. The van der Waals surface area contributed by atoms with Gasteiger partial charge in [-0.25, -0.2) is 0 Å². The molecule has 126 valence electrons. The number of rotatable bonds is 5. The van der Waals surface area contributed by atoms with Gasteiger partial charge in [0.15, 0.2) is 0 Å². The molecular weight excluding hydrogens is 324 g/mol. The van der Waals surface area contributed by atoms with Crippen molar-refractivity contribution in [3.8, 4) is 11.5 Å². The van der Waals surface area contributed by atoms with Gasteiger partial charge in [0.1, 0.15) is 11.5 Å². The highest BCUT2D eigenvalue weighted by atomic mass is 35.5. The Morgan fingerprint density at radius 1 is 1.26 bits per heavy atom. The van der Waals surface area contributed by atoms with Gasteiger partial charge >= 0.3 is 11.8 Å². The number of anilines is 1. The Morgan fingerprint density at radius 3 is 2.61 bits per heavy atom. The maximum absolute atomic E-state index is 12.0. The van der Waals surface area contributed by atoms with Crippen LogP contribution in [-0.2, 0) is 14.3 Å². The first-order valence-electron chi connectivity index (χ1n) is 7.17. The summed E-state index contributed by atoms with van der Waals surface area (Å²) in [5.74, 6) is -0.847. The summed E-state index contributed by atoms with van der Waals surface area (Å²) in [4.78, 5) is 23.8. The Bertz CT molecular complexity index is 587. The van der Waals surface area contributed by atoms with E-state index in [9.17, 15) is 9.59 Å². The molecule has 1 aromatic carbocycles. The van der Waals surface area contributed by atoms with Crippen LogP contribution in [0.1, 0.15) is 12.8 Å². The van der Waals surface area contributed by atoms with E-state index in [1.165, 1.54) is 26.4 Å². The zero-order valence-corrected chi connectivity index (χ0v) is 13.7. The van der Waals surface area contributed by atoms with E-state index in [2.05, 4.69) is 10.6 Å². The topological polar surface area (TPSA) is 85.9 Å². The van der Waals surface area contributed by atoms with Crippen LogP contribution >= 0.6 is 11.6 Å². The molecule has 1 aromatic rings. The normalized spacial score (nSPS) is 16.7. The van der Waals surface area contributed by atoms with Gasteiger partial charge in [-0.05, 0) is 12.8 Å². The lowest BCUT2D eigenvalue weighted by molar-refractivity contribution is -0.136. The van der Waals surface area contributed by atoms with Gasteiger partial charge in [0, 0.05) is 25.3 Å². The van der Waals surface area contributed by atoms with Crippen LogP contribution in [0.25, 0.3) is 0 Å². The zero-order valence-electron chi connectivity index (χ0n) is 13.0. The monoisotopic (exact) mass is 342 g/mol. The molecule has 2 N–H and O–H groups in total. The van der Waals surface area contributed by atoms with Crippen LogP contribution in [0, 0.1) is 0 Å². The molecule has 8 heteroatoms. The fourth-order valence-electron chi connectivity index (χ4n) is 2.23. The minimum Gasteiger partial charge on any atom is -0.495 e. The van der Waals surface area contributed by atoms with Gasteiger partial charge in [0.05, 0.1) is 31.0 Å². The van der Waals surface area contributed by atoms with E-state index < -0.39 is 11.8 Å². The molecule has 0 spiro atoms. The van der Waals surface area contributed by atoms with Gasteiger partial charge < -0.3 is 24.8 Å². The zero-order chi connectivity index (χ0) is 16.8. The molecule has 1 fully saturated rings. The summed E-state index contributed by atoms with van der Waals surface area (Å²) in [6.45, 7) is 1.00. The highest BCUT2D eigenvalue weighted by Crippen LogP contribution is 2.35. The molecule has 7 nitrogen and oxygen atoms in total. The molecule has 1 unspecified atom stereocenters. The summed E-state index contributed by atoms with van der Waals surface area (Å²) in [6.07, 6.45) is 1.82. The summed E-state index contributed by atoms with van der Waals surface area (Å²) in [6, 6.07) is 2.99. The van der Waals surface area contributed by atoms with E-state index in [-0.39, 0.29) is 6.10 Å². The lowest BCUT2D eigenvalue weighted by atomic mass is 10.2. The molecule has 1 aliphatic heterocycles. The lowest BCUT2D eigenvalue weighted by Gasteiger charge is -2.14. The van der Waals surface area contributed by atoms with Crippen LogP contribution in [-0.4, -0.2) is 45.3 Å². The summed E-state index contributed by atoms with van der Waals surface area (Å²) in [5.41, 5.74) is 0.297. The highest BCUT2D eigenvalue weighted by molar-refractivity contribution is 6.40. The van der Waals surface area contributed by atoms with Gasteiger partial charge in [-0.1, -0.05) is 11.6 Å². The Kier molecular flexibility index (Phi) is 6.06. The molecule has 0 radical (unpaired) electrons. The summed E-state index contributed by atoms with van der Waals surface area (Å²) >= 11 is 5.99. The number of hydrogen-bond acceptors (Lipinski definition) is 5. The molecule has 0 saturated carbocycles. The van der Waals surface area contributed by atoms with Gasteiger partial charge in [0.25, 0.3) is 0 Å². The van der Waals surface area contributed by atoms with Crippen molar-refractivity contribution in [1.82, 2.24) is 5.32 Å². The first-order chi connectivity index (χ1) is 11.0. The predicted octanol–water partition coefficient (Wildman–Crippen LogP) is 1.59. The maximum atomic E-state index is 12.0. The third kappa shape index (κ3) is 4.49.